The van der Waals surface area contributed by atoms with Crippen molar-refractivity contribution < 1.29 is 17.5 Å². The highest BCUT2D eigenvalue weighted by molar-refractivity contribution is 7.89. The van der Waals surface area contributed by atoms with Crippen molar-refractivity contribution in [2.24, 2.45) is 0 Å². The number of aromatic nitrogens is 2. The van der Waals surface area contributed by atoms with Crippen LogP contribution in [0.25, 0.3) is 10.9 Å². The van der Waals surface area contributed by atoms with Crippen molar-refractivity contribution in [2.75, 3.05) is 20.2 Å². The zero-order chi connectivity index (χ0) is 21.5. The summed E-state index contributed by atoms with van der Waals surface area (Å²) in [6, 6.07) is 9.81. The van der Waals surface area contributed by atoms with Crippen LogP contribution in [0.1, 0.15) is 18.9 Å². The Morgan fingerprint density at radius 3 is 2.47 bits per heavy atom. The lowest BCUT2D eigenvalue weighted by atomic mass is 10.1. The van der Waals surface area contributed by atoms with Gasteiger partial charge in [-0.1, -0.05) is 12.1 Å². The first-order chi connectivity index (χ1) is 14.3. The molecule has 1 N–H and O–H groups in total. The molecule has 0 atom stereocenters. The molecule has 2 heterocycles. The summed E-state index contributed by atoms with van der Waals surface area (Å²) in [5.74, 6) is -0.801. The van der Waals surface area contributed by atoms with Gasteiger partial charge in [-0.3, -0.25) is 9.36 Å². The molecule has 30 heavy (non-hydrogen) atoms. The van der Waals surface area contributed by atoms with E-state index in [0.717, 1.165) is 6.07 Å². The van der Waals surface area contributed by atoms with E-state index >= 15 is 0 Å². The van der Waals surface area contributed by atoms with Crippen LogP contribution in [0, 0.1) is 5.82 Å². The molecule has 1 aromatic heterocycles. The fourth-order valence-corrected chi connectivity index (χ4v) is 5.29. The molecule has 1 saturated heterocycles. The van der Waals surface area contributed by atoms with Crippen molar-refractivity contribution in [3.8, 4) is 5.75 Å². The Kier molecular flexibility index (Phi) is 5.20. The molecule has 1 aliphatic heterocycles. The van der Waals surface area contributed by atoms with E-state index in [1.54, 1.807) is 24.3 Å². The number of ether oxygens (including phenoxy) is 1. The monoisotopic (exact) mass is 433 g/mol. The number of sulfonamides is 1. The number of hydrogen-bond acceptors (Lipinski definition) is 5. The molecule has 3 aromatic rings. The van der Waals surface area contributed by atoms with E-state index < -0.39 is 33.1 Å². The highest BCUT2D eigenvalue weighted by Gasteiger charge is 2.31. The maximum absolute atomic E-state index is 14.0. The van der Waals surface area contributed by atoms with E-state index in [0.29, 0.717) is 23.7 Å². The molecule has 1 aliphatic rings. The average molecular weight is 433 g/mol. The molecular formula is C20H20FN3O5S. The first kappa shape index (κ1) is 20.3. The zero-order valence-electron chi connectivity index (χ0n) is 16.2. The molecule has 4 rings (SSSR count). The van der Waals surface area contributed by atoms with E-state index in [2.05, 4.69) is 4.98 Å². The van der Waals surface area contributed by atoms with Gasteiger partial charge in [0, 0.05) is 19.1 Å². The van der Waals surface area contributed by atoms with Crippen LogP contribution in [0.3, 0.4) is 0 Å². The van der Waals surface area contributed by atoms with Crippen molar-refractivity contribution in [1.29, 1.82) is 0 Å². The molecule has 2 aromatic carbocycles. The molecule has 158 valence electrons. The maximum Gasteiger partial charge on any atom is 0.329 e. The van der Waals surface area contributed by atoms with Crippen LogP contribution in [-0.4, -0.2) is 42.5 Å². The average Bonchev–Trinajstić information content (AvgIpc) is 2.74. The van der Waals surface area contributed by atoms with Crippen molar-refractivity contribution in [2.45, 2.75) is 23.8 Å². The minimum atomic E-state index is -3.91. The van der Waals surface area contributed by atoms with Gasteiger partial charge in [0.2, 0.25) is 10.0 Å². The summed E-state index contributed by atoms with van der Waals surface area (Å²) in [7, 11) is -2.61. The fraction of sp³-hybridized carbons (Fsp3) is 0.300. The number of fused-ring (bicyclic) bond motifs is 1. The zero-order valence-corrected chi connectivity index (χ0v) is 17.0. The number of piperidine rings is 1. The number of nitrogens with one attached hydrogen (secondary N) is 1. The van der Waals surface area contributed by atoms with Gasteiger partial charge in [0.05, 0.1) is 22.9 Å². The van der Waals surface area contributed by atoms with Gasteiger partial charge in [-0.05, 0) is 43.2 Å². The highest BCUT2D eigenvalue weighted by atomic mass is 32.2. The number of aromatic amines is 1. The second-order valence-corrected chi connectivity index (χ2v) is 9.02. The number of hydrogen-bond donors (Lipinski definition) is 1. The van der Waals surface area contributed by atoms with Gasteiger partial charge in [0.25, 0.3) is 5.56 Å². The molecule has 0 amide bonds. The van der Waals surface area contributed by atoms with Gasteiger partial charge in [0.15, 0.2) is 11.6 Å². The van der Waals surface area contributed by atoms with Crippen LogP contribution in [0.5, 0.6) is 5.75 Å². The van der Waals surface area contributed by atoms with Gasteiger partial charge in [0.1, 0.15) is 0 Å². The molecule has 0 saturated carbocycles. The predicted octanol–water partition coefficient (Wildman–Crippen LogP) is 1.86. The number of rotatable bonds is 4. The number of para-hydroxylation sites is 1. The molecule has 0 bridgehead atoms. The minimum Gasteiger partial charge on any atom is -0.494 e. The Bertz CT molecular complexity index is 1320. The Hall–Kier alpha value is -2.98. The SMILES string of the molecule is COc1ccc(S(=O)(=O)N2CCC(n3c(=O)[nH]c4ccccc4c3=O)CC2)cc1F. The van der Waals surface area contributed by atoms with Crippen LogP contribution in [0.2, 0.25) is 0 Å². The summed E-state index contributed by atoms with van der Waals surface area (Å²) in [4.78, 5) is 27.8. The summed E-state index contributed by atoms with van der Waals surface area (Å²) >= 11 is 0. The summed E-state index contributed by atoms with van der Waals surface area (Å²) in [6.45, 7) is 0.221. The number of methoxy groups -OCH3 is 1. The van der Waals surface area contributed by atoms with Crippen molar-refractivity contribution in [1.82, 2.24) is 13.9 Å². The van der Waals surface area contributed by atoms with Crippen LogP contribution < -0.4 is 16.0 Å². The fourth-order valence-electron chi connectivity index (χ4n) is 3.81. The molecule has 1 fully saturated rings. The summed E-state index contributed by atoms with van der Waals surface area (Å²) in [6.07, 6.45) is 0.582. The normalized spacial score (nSPS) is 16.1. The molecule has 8 nitrogen and oxygen atoms in total. The summed E-state index contributed by atoms with van der Waals surface area (Å²) in [5.41, 5.74) is -0.449. The van der Waals surface area contributed by atoms with Crippen molar-refractivity contribution >= 4 is 20.9 Å². The minimum absolute atomic E-state index is 0.0393. The molecule has 0 radical (unpaired) electrons. The largest absolute Gasteiger partial charge is 0.494 e. The van der Waals surface area contributed by atoms with Crippen LogP contribution in [-0.2, 0) is 10.0 Å². The Labute approximate surface area is 171 Å². The summed E-state index contributed by atoms with van der Waals surface area (Å²) < 4.78 is 46.9. The van der Waals surface area contributed by atoms with E-state index in [1.807, 2.05) is 0 Å². The molecule has 10 heteroatoms. The Balaban J connectivity index is 1.59. The van der Waals surface area contributed by atoms with Crippen molar-refractivity contribution in [3.05, 3.63) is 69.1 Å². The van der Waals surface area contributed by atoms with Gasteiger partial charge in [-0.25, -0.2) is 17.6 Å². The Morgan fingerprint density at radius 1 is 1.10 bits per heavy atom. The van der Waals surface area contributed by atoms with Crippen molar-refractivity contribution in [3.63, 3.8) is 0 Å². The first-order valence-corrected chi connectivity index (χ1v) is 10.8. The molecule has 0 spiro atoms. The predicted molar refractivity (Wildman–Crippen MR) is 109 cm³/mol. The summed E-state index contributed by atoms with van der Waals surface area (Å²) in [5, 5.41) is 0.404. The van der Waals surface area contributed by atoms with E-state index in [9.17, 15) is 22.4 Å². The second kappa shape index (κ2) is 7.69. The quantitative estimate of drug-likeness (QED) is 0.677. The smallest absolute Gasteiger partial charge is 0.329 e. The lowest BCUT2D eigenvalue weighted by molar-refractivity contribution is 0.266. The highest BCUT2D eigenvalue weighted by Crippen LogP contribution is 2.28. The molecular weight excluding hydrogens is 413 g/mol. The third-order valence-electron chi connectivity index (χ3n) is 5.39. The molecule has 0 aliphatic carbocycles. The molecule has 0 unspecified atom stereocenters. The van der Waals surface area contributed by atoms with Gasteiger partial charge in [-0.15, -0.1) is 0 Å². The number of nitrogens with zero attached hydrogens (tertiary/aromatic N) is 2. The van der Waals surface area contributed by atoms with Crippen LogP contribution >= 0.6 is 0 Å². The lowest BCUT2D eigenvalue weighted by Gasteiger charge is -2.31. The van der Waals surface area contributed by atoms with E-state index in [1.165, 1.54) is 28.1 Å². The first-order valence-electron chi connectivity index (χ1n) is 9.40. The maximum atomic E-state index is 14.0. The Morgan fingerprint density at radius 2 is 1.80 bits per heavy atom. The second-order valence-electron chi connectivity index (χ2n) is 7.08. The third kappa shape index (κ3) is 3.41. The number of H-pyrrole nitrogens is 1. The standard InChI is InChI=1S/C20H20FN3O5S/c1-29-18-7-6-14(12-16(18)21)30(27,28)23-10-8-13(9-11-23)24-19(25)15-4-2-3-5-17(15)22-20(24)26/h2-7,12-13H,8-11H2,1H3,(H,22,26). The topological polar surface area (TPSA) is 101 Å². The number of halogens is 1. The van der Waals surface area contributed by atoms with E-state index in [-0.39, 0.29) is 23.7 Å². The van der Waals surface area contributed by atoms with E-state index in [4.69, 9.17) is 4.74 Å². The van der Waals surface area contributed by atoms with Crippen LogP contribution in [0.15, 0.2) is 56.9 Å². The van der Waals surface area contributed by atoms with Crippen LogP contribution in [0.4, 0.5) is 4.39 Å². The lowest BCUT2D eigenvalue weighted by Crippen LogP contribution is -2.45. The van der Waals surface area contributed by atoms with Gasteiger partial charge in [-0.2, -0.15) is 4.31 Å². The third-order valence-corrected chi connectivity index (χ3v) is 7.28. The van der Waals surface area contributed by atoms with Gasteiger partial charge < -0.3 is 9.72 Å². The van der Waals surface area contributed by atoms with Gasteiger partial charge >= 0.3 is 5.69 Å². The number of benzene rings is 2.